The van der Waals surface area contributed by atoms with Gasteiger partial charge in [-0.1, -0.05) is 24.3 Å². The van der Waals surface area contributed by atoms with E-state index in [9.17, 15) is 4.79 Å². The zero-order valence-corrected chi connectivity index (χ0v) is 7.71. The van der Waals surface area contributed by atoms with E-state index in [1.165, 1.54) is 5.56 Å². The smallest absolute Gasteiger partial charge is 0.176 e. The lowest BCUT2D eigenvalue weighted by atomic mass is 10.0. The van der Waals surface area contributed by atoms with Crippen molar-refractivity contribution in [2.75, 3.05) is 6.54 Å². The summed E-state index contributed by atoms with van der Waals surface area (Å²) in [5.74, 6) is 0.208. The van der Waals surface area contributed by atoms with Crippen LogP contribution >= 0.6 is 0 Å². The Bertz CT molecular complexity index is 333. The number of carbonyl (C=O) groups is 1. The molecule has 1 N–H and O–H groups in total. The summed E-state index contributed by atoms with van der Waals surface area (Å²) >= 11 is 0. The Balaban J connectivity index is 2.43. The molecule has 13 heavy (non-hydrogen) atoms. The molecule has 0 fully saturated rings. The van der Waals surface area contributed by atoms with E-state index in [2.05, 4.69) is 12.2 Å². The highest BCUT2D eigenvalue weighted by Crippen LogP contribution is 2.14. The number of benzene rings is 1. The molecule has 68 valence electrons. The van der Waals surface area contributed by atoms with Crippen LogP contribution in [0.2, 0.25) is 0 Å². The Kier molecular flexibility index (Phi) is 2.15. The summed E-state index contributed by atoms with van der Waals surface area (Å²) in [5.41, 5.74) is 2.06. The molecule has 0 bridgehead atoms. The van der Waals surface area contributed by atoms with Crippen molar-refractivity contribution in [2.24, 2.45) is 0 Å². The highest BCUT2D eigenvalue weighted by molar-refractivity contribution is 5.99. The lowest BCUT2D eigenvalue weighted by Gasteiger charge is -2.07. The molecule has 0 saturated heterocycles. The topological polar surface area (TPSA) is 29.1 Å². The summed E-state index contributed by atoms with van der Waals surface area (Å²) in [6.07, 6.45) is 0.946. The summed E-state index contributed by atoms with van der Waals surface area (Å²) in [6.45, 7) is 2.58. The first kappa shape index (κ1) is 8.45. The number of rotatable bonds is 0. The van der Waals surface area contributed by atoms with Gasteiger partial charge in [0.1, 0.15) is 0 Å². The molecular formula is C11H13NO. The lowest BCUT2D eigenvalue weighted by molar-refractivity contribution is 0.0991. The summed E-state index contributed by atoms with van der Waals surface area (Å²) < 4.78 is 0. The normalized spacial score (nSPS) is 22.2. The second-order valence-electron chi connectivity index (χ2n) is 3.57. The molecule has 1 aliphatic heterocycles. The molecule has 0 spiro atoms. The number of hydrogen-bond acceptors (Lipinski definition) is 2. The van der Waals surface area contributed by atoms with E-state index in [0.717, 1.165) is 12.0 Å². The Labute approximate surface area is 78.0 Å². The number of ketones is 1. The van der Waals surface area contributed by atoms with E-state index in [1.807, 2.05) is 24.3 Å². The average Bonchev–Trinajstić information content (AvgIpc) is 2.27. The van der Waals surface area contributed by atoms with E-state index in [4.69, 9.17) is 0 Å². The number of fused-ring (bicyclic) bond motifs is 1. The van der Waals surface area contributed by atoms with Crippen LogP contribution in [-0.4, -0.2) is 18.4 Å². The first-order valence-electron chi connectivity index (χ1n) is 4.62. The van der Waals surface area contributed by atoms with Crippen molar-refractivity contribution in [3.63, 3.8) is 0 Å². The number of nitrogens with one attached hydrogen (secondary N) is 1. The van der Waals surface area contributed by atoms with Crippen molar-refractivity contribution in [2.45, 2.75) is 19.4 Å². The minimum absolute atomic E-state index is 0.208. The van der Waals surface area contributed by atoms with Crippen molar-refractivity contribution in [1.29, 1.82) is 0 Å². The fourth-order valence-electron chi connectivity index (χ4n) is 1.73. The van der Waals surface area contributed by atoms with Crippen LogP contribution in [0.15, 0.2) is 24.3 Å². The second-order valence-corrected chi connectivity index (χ2v) is 3.57. The van der Waals surface area contributed by atoms with Crippen LogP contribution < -0.4 is 5.32 Å². The van der Waals surface area contributed by atoms with Crippen LogP contribution in [0.1, 0.15) is 22.8 Å². The minimum atomic E-state index is 0.208. The van der Waals surface area contributed by atoms with Gasteiger partial charge in [-0.05, 0) is 18.9 Å². The first-order valence-corrected chi connectivity index (χ1v) is 4.62. The second kappa shape index (κ2) is 3.30. The predicted molar refractivity (Wildman–Crippen MR) is 51.9 cm³/mol. The molecule has 0 amide bonds. The van der Waals surface area contributed by atoms with E-state index < -0.39 is 0 Å². The van der Waals surface area contributed by atoms with Gasteiger partial charge in [-0.2, -0.15) is 0 Å². The molecular weight excluding hydrogens is 162 g/mol. The fraction of sp³-hybridized carbons (Fsp3) is 0.364. The maximum absolute atomic E-state index is 11.6. The third-order valence-electron chi connectivity index (χ3n) is 2.45. The molecule has 0 aromatic heterocycles. The Morgan fingerprint density at radius 2 is 2.15 bits per heavy atom. The maximum Gasteiger partial charge on any atom is 0.176 e. The third kappa shape index (κ3) is 1.63. The molecule has 1 unspecified atom stereocenters. The van der Waals surface area contributed by atoms with Gasteiger partial charge in [-0.25, -0.2) is 0 Å². The third-order valence-corrected chi connectivity index (χ3v) is 2.45. The van der Waals surface area contributed by atoms with E-state index in [-0.39, 0.29) is 5.78 Å². The largest absolute Gasteiger partial charge is 0.307 e. The predicted octanol–water partition coefficient (Wildman–Crippen LogP) is 1.40. The van der Waals surface area contributed by atoms with Crippen molar-refractivity contribution < 1.29 is 4.79 Å². The average molecular weight is 175 g/mol. The van der Waals surface area contributed by atoms with E-state index in [0.29, 0.717) is 12.6 Å². The lowest BCUT2D eigenvalue weighted by Crippen LogP contribution is -2.29. The van der Waals surface area contributed by atoms with Crippen LogP contribution in [0.25, 0.3) is 0 Å². The minimum Gasteiger partial charge on any atom is -0.307 e. The van der Waals surface area contributed by atoms with Crippen molar-refractivity contribution in [1.82, 2.24) is 5.32 Å². The van der Waals surface area contributed by atoms with Gasteiger partial charge < -0.3 is 5.32 Å². The van der Waals surface area contributed by atoms with Gasteiger partial charge in [0.05, 0.1) is 6.54 Å². The standard InChI is InChI=1S/C11H13NO/c1-8-6-9-4-2-3-5-10(9)11(13)7-12-8/h2-5,8,12H,6-7H2,1H3. The summed E-state index contributed by atoms with van der Waals surface area (Å²) in [4.78, 5) is 11.6. The van der Waals surface area contributed by atoms with Crippen molar-refractivity contribution in [3.05, 3.63) is 35.4 Å². The van der Waals surface area contributed by atoms with Crippen LogP contribution in [0.3, 0.4) is 0 Å². The highest BCUT2D eigenvalue weighted by Gasteiger charge is 2.17. The summed E-state index contributed by atoms with van der Waals surface area (Å²) in [5, 5.41) is 3.19. The van der Waals surface area contributed by atoms with Gasteiger partial charge >= 0.3 is 0 Å². The fourth-order valence-corrected chi connectivity index (χ4v) is 1.73. The van der Waals surface area contributed by atoms with Crippen molar-refractivity contribution >= 4 is 5.78 Å². The molecule has 2 nitrogen and oxygen atoms in total. The molecule has 1 aromatic rings. The Hall–Kier alpha value is -1.15. The van der Waals surface area contributed by atoms with Crippen molar-refractivity contribution in [3.8, 4) is 0 Å². The van der Waals surface area contributed by atoms with Crippen LogP contribution in [0.5, 0.6) is 0 Å². The van der Waals surface area contributed by atoms with Gasteiger partial charge in [0.15, 0.2) is 5.78 Å². The van der Waals surface area contributed by atoms with Gasteiger partial charge in [0.25, 0.3) is 0 Å². The molecule has 2 heteroatoms. The number of hydrogen-bond donors (Lipinski definition) is 1. The molecule has 1 heterocycles. The summed E-state index contributed by atoms with van der Waals surface area (Å²) in [6, 6.07) is 8.26. The molecule has 0 radical (unpaired) electrons. The Morgan fingerprint density at radius 3 is 3.00 bits per heavy atom. The zero-order chi connectivity index (χ0) is 9.26. The number of Topliss-reactive ketones (excluding diaryl/α,β-unsaturated/α-hetero) is 1. The maximum atomic E-state index is 11.6. The quantitative estimate of drug-likeness (QED) is 0.645. The van der Waals surface area contributed by atoms with E-state index >= 15 is 0 Å². The molecule has 1 atom stereocenters. The van der Waals surface area contributed by atoms with Gasteiger partial charge in [-0.3, -0.25) is 4.79 Å². The molecule has 1 aromatic carbocycles. The molecule has 2 rings (SSSR count). The number of carbonyl (C=O) groups excluding carboxylic acids is 1. The molecule has 0 aliphatic carbocycles. The van der Waals surface area contributed by atoms with Gasteiger partial charge in [0, 0.05) is 11.6 Å². The zero-order valence-electron chi connectivity index (χ0n) is 7.71. The van der Waals surface area contributed by atoms with Crippen LogP contribution in [0.4, 0.5) is 0 Å². The van der Waals surface area contributed by atoms with Crippen LogP contribution in [-0.2, 0) is 6.42 Å². The van der Waals surface area contributed by atoms with Gasteiger partial charge in [0.2, 0.25) is 0 Å². The first-order chi connectivity index (χ1) is 6.27. The SMILES string of the molecule is CC1Cc2ccccc2C(=O)CN1. The highest BCUT2D eigenvalue weighted by atomic mass is 16.1. The van der Waals surface area contributed by atoms with Crippen LogP contribution in [0, 0.1) is 0 Å². The molecule has 0 saturated carbocycles. The summed E-state index contributed by atoms with van der Waals surface area (Å²) in [7, 11) is 0. The van der Waals surface area contributed by atoms with E-state index in [1.54, 1.807) is 0 Å². The van der Waals surface area contributed by atoms with Gasteiger partial charge in [-0.15, -0.1) is 0 Å². The monoisotopic (exact) mass is 175 g/mol. The Morgan fingerprint density at radius 1 is 1.38 bits per heavy atom. The molecule has 1 aliphatic rings.